The van der Waals surface area contributed by atoms with Crippen LogP contribution in [0.3, 0.4) is 0 Å². The van der Waals surface area contributed by atoms with Gasteiger partial charge in [-0.2, -0.15) is 4.98 Å². The molecular formula is C16H18N4O. The quantitative estimate of drug-likeness (QED) is 0.797. The molecule has 3 aromatic rings. The lowest BCUT2D eigenvalue weighted by molar-refractivity contribution is 0.400. The average Bonchev–Trinajstić information content (AvgIpc) is 2.94. The van der Waals surface area contributed by atoms with Crippen LogP contribution in [0.4, 0.5) is 0 Å². The molecule has 0 bridgehead atoms. The Labute approximate surface area is 123 Å². The molecule has 5 heteroatoms. The summed E-state index contributed by atoms with van der Waals surface area (Å²) in [5.74, 6) is 1.28. The van der Waals surface area contributed by atoms with Crippen LogP contribution >= 0.6 is 0 Å². The number of para-hydroxylation sites is 1. The highest BCUT2D eigenvalue weighted by molar-refractivity contribution is 5.92. The molecule has 0 aliphatic rings. The molecular weight excluding hydrogens is 264 g/mol. The topological polar surface area (TPSA) is 77.8 Å². The number of hydrogen-bond acceptors (Lipinski definition) is 5. The van der Waals surface area contributed by atoms with E-state index in [1.54, 1.807) is 0 Å². The van der Waals surface area contributed by atoms with Crippen LogP contribution in [-0.4, -0.2) is 15.1 Å². The number of rotatable bonds is 3. The van der Waals surface area contributed by atoms with Crippen LogP contribution in [0.5, 0.6) is 0 Å². The monoisotopic (exact) mass is 282 g/mol. The van der Waals surface area contributed by atoms with Gasteiger partial charge < -0.3 is 10.3 Å². The Bertz CT molecular complexity index is 779. The van der Waals surface area contributed by atoms with E-state index in [9.17, 15) is 0 Å². The molecule has 5 nitrogen and oxygen atoms in total. The molecule has 21 heavy (non-hydrogen) atoms. The number of aryl methyl sites for hydroxylation is 1. The molecule has 0 aliphatic carbocycles. The Morgan fingerprint density at radius 2 is 1.90 bits per heavy atom. The lowest BCUT2D eigenvalue weighted by atomic mass is 10.1. The summed E-state index contributed by atoms with van der Waals surface area (Å²) in [5, 5.41) is 5.02. The van der Waals surface area contributed by atoms with Gasteiger partial charge in [-0.05, 0) is 25.0 Å². The third kappa shape index (κ3) is 2.52. The molecule has 2 aromatic heterocycles. The van der Waals surface area contributed by atoms with Crippen molar-refractivity contribution in [3.63, 3.8) is 0 Å². The van der Waals surface area contributed by atoms with E-state index < -0.39 is 0 Å². The van der Waals surface area contributed by atoms with Crippen LogP contribution in [0.2, 0.25) is 0 Å². The van der Waals surface area contributed by atoms with Gasteiger partial charge in [-0.1, -0.05) is 37.2 Å². The summed E-state index contributed by atoms with van der Waals surface area (Å²) in [5.41, 5.74) is 8.80. The van der Waals surface area contributed by atoms with Crippen molar-refractivity contribution in [3.8, 4) is 11.5 Å². The first-order valence-electron chi connectivity index (χ1n) is 7.02. The summed E-state index contributed by atoms with van der Waals surface area (Å²) in [7, 11) is 0. The molecule has 1 unspecified atom stereocenters. The highest BCUT2D eigenvalue weighted by Gasteiger charge is 2.19. The van der Waals surface area contributed by atoms with Gasteiger partial charge in [0, 0.05) is 11.1 Å². The van der Waals surface area contributed by atoms with Gasteiger partial charge in [0.15, 0.2) is 5.82 Å². The van der Waals surface area contributed by atoms with Gasteiger partial charge in [0.05, 0.1) is 17.1 Å². The van der Waals surface area contributed by atoms with Gasteiger partial charge in [0.1, 0.15) is 0 Å². The highest BCUT2D eigenvalue weighted by atomic mass is 16.5. The standard InChI is InChI=1S/C16H18N4O/c1-9(2)14(17)15-19-16(21-20-15)12-8-10(3)18-13-7-5-4-6-11(12)13/h4-9,14H,17H2,1-3H3. The number of nitrogens with zero attached hydrogens (tertiary/aromatic N) is 3. The van der Waals surface area contributed by atoms with Gasteiger partial charge >= 0.3 is 0 Å². The largest absolute Gasteiger partial charge is 0.334 e. The summed E-state index contributed by atoms with van der Waals surface area (Å²) in [6.45, 7) is 6.02. The van der Waals surface area contributed by atoms with E-state index in [2.05, 4.69) is 15.1 Å². The van der Waals surface area contributed by atoms with Crippen LogP contribution < -0.4 is 5.73 Å². The lowest BCUT2D eigenvalue weighted by Crippen LogP contribution is -2.18. The highest BCUT2D eigenvalue weighted by Crippen LogP contribution is 2.28. The summed E-state index contributed by atoms with van der Waals surface area (Å²) < 4.78 is 5.42. The smallest absolute Gasteiger partial charge is 0.258 e. The number of fused-ring (bicyclic) bond motifs is 1. The molecule has 0 aliphatic heterocycles. The number of pyridine rings is 1. The van der Waals surface area contributed by atoms with Crippen molar-refractivity contribution in [2.24, 2.45) is 11.7 Å². The van der Waals surface area contributed by atoms with Crippen molar-refractivity contribution in [1.82, 2.24) is 15.1 Å². The summed E-state index contributed by atoms with van der Waals surface area (Å²) in [6.07, 6.45) is 0. The fraction of sp³-hybridized carbons (Fsp3) is 0.312. The zero-order valence-electron chi connectivity index (χ0n) is 12.4. The third-order valence-corrected chi connectivity index (χ3v) is 3.53. The average molecular weight is 282 g/mol. The summed E-state index contributed by atoms with van der Waals surface area (Å²) in [6, 6.07) is 9.65. The molecule has 2 N–H and O–H groups in total. The molecule has 0 saturated carbocycles. The van der Waals surface area contributed by atoms with E-state index in [0.29, 0.717) is 11.7 Å². The van der Waals surface area contributed by atoms with Crippen molar-refractivity contribution >= 4 is 10.9 Å². The van der Waals surface area contributed by atoms with E-state index in [-0.39, 0.29) is 12.0 Å². The van der Waals surface area contributed by atoms with Gasteiger partial charge in [-0.3, -0.25) is 4.98 Å². The molecule has 0 radical (unpaired) electrons. The van der Waals surface area contributed by atoms with Gasteiger partial charge in [-0.15, -0.1) is 0 Å². The fourth-order valence-electron chi connectivity index (χ4n) is 2.26. The van der Waals surface area contributed by atoms with Crippen LogP contribution in [-0.2, 0) is 0 Å². The number of aromatic nitrogens is 3. The number of hydrogen-bond donors (Lipinski definition) is 1. The zero-order valence-corrected chi connectivity index (χ0v) is 12.4. The lowest BCUT2D eigenvalue weighted by Gasteiger charge is -2.09. The molecule has 0 spiro atoms. The molecule has 1 aromatic carbocycles. The van der Waals surface area contributed by atoms with Crippen LogP contribution in [0.1, 0.15) is 31.4 Å². The van der Waals surface area contributed by atoms with Crippen molar-refractivity contribution in [2.45, 2.75) is 26.8 Å². The van der Waals surface area contributed by atoms with E-state index in [4.69, 9.17) is 10.3 Å². The summed E-state index contributed by atoms with van der Waals surface area (Å²) >= 11 is 0. The van der Waals surface area contributed by atoms with Crippen molar-refractivity contribution in [2.75, 3.05) is 0 Å². The van der Waals surface area contributed by atoms with Crippen molar-refractivity contribution in [3.05, 3.63) is 41.9 Å². The molecule has 3 rings (SSSR count). The van der Waals surface area contributed by atoms with E-state index in [1.165, 1.54) is 0 Å². The molecule has 0 saturated heterocycles. The second kappa shape index (κ2) is 5.26. The Morgan fingerprint density at radius 1 is 1.14 bits per heavy atom. The maximum atomic E-state index is 6.07. The van der Waals surface area contributed by atoms with Gasteiger partial charge in [0.25, 0.3) is 5.89 Å². The molecule has 0 amide bonds. The fourth-order valence-corrected chi connectivity index (χ4v) is 2.26. The number of nitrogens with two attached hydrogens (primary N) is 1. The molecule has 2 heterocycles. The predicted octanol–water partition coefficient (Wildman–Crippen LogP) is 3.25. The van der Waals surface area contributed by atoms with E-state index in [0.717, 1.165) is 22.2 Å². The van der Waals surface area contributed by atoms with Crippen LogP contribution in [0.25, 0.3) is 22.4 Å². The van der Waals surface area contributed by atoms with Crippen molar-refractivity contribution < 1.29 is 4.52 Å². The second-order valence-corrected chi connectivity index (χ2v) is 5.56. The SMILES string of the molecule is Cc1cc(-c2nc(C(N)C(C)C)no2)c2ccccc2n1. The Balaban J connectivity index is 2.13. The Morgan fingerprint density at radius 3 is 2.67 bits per heavy atom. The van der Waals surface area contributed by atoms with E-state index in [1.807, 2.05) is 51.1 Å². The summed E-state index contributed by atoms with van der Waals surface area (Å²) in [4.78, 5) is 8.98. The van der Waals surface area contributed by atoms with Gasteiger partial charge in [0.2, 0.25) is 0 Å². The normalized spacial score (nSPS) is 13.0. The third-order valence-electron chi connectivity index (χ3n) is 3.53. The van der Waals surface area contributed by atoms with E-state index >= 15 is 0 Å². The van der Waals surface area contributed by atoms with Crippen LogP contribution in [0.15, 0.2) is 34.9 Å². The second-order valence-electron chi connectivity index (χ2n) is 5.56. The first-order chi connectivity index (χ1) is 10.1. The molecule has 0 fully saturated rings. The Kier molecular flexibility index (Phi) is 3.43. The molecule has 1 atom stereocenters. The maximum Gasteiger partial charge on any atom is 0.258 e. The minimum atomic E-state index is -0.225. The van der Waals surface area contributed by atoms with Crippen molar-refractivity contribution in [1.29, 1.82) is 0 Å². The Hall–Kier alpha value is -2.27. The van der Waals surface area contributed by atoms with Gasteiger partial charge in [-0.25, -0.2) is 0 Å². The number of benzene rings is 1. The first-order valence-corrected chi connectivity index (χ1v) is 7.02. The predicted molar refractivity (Wildman–Crippen MR) is 81.5 cm³/mol. The first kappa shape index (κ1) is 13.7. The minimum absolute atomic E-state index is 0.225. The van der Waals surface area contributed by atoms with Crippen LogP contribution in [0, 0.1) is 12.8 Å². The maximum absolute atomic E-state index is 6.07. The molecule has 108 valence electrons. The zero-order chi connectivity index (χ0) is 15.0. The minimum Gasteiger partial charge on any atom is -0.334 e.